The Balaban J connectivity index is 1.92. The van der Waals surface area contributed by atoms with Crippen LogP contribution >= 0.6 is 15.9 Å². The molecule has 0 radical (unpaired) electrons. The average molecular weight is 358 g/mol. The third-order valence-corrected chi connectivity index (χ3v) is 3.98. The van der Waals surface area contributed by atoms with Gasteiger partial charge in [-0.3, -0.25) is 4.79 Å². The van der Waals surface area contributed by atoms with Crippen LogP contribution in [0.2, 0.25) is 0 Å². The number of ether oxygens (including phenoxy) is 2. The number of halogens is 1. The first-order chi connectivity index (χ1) is 10.0. The van der Waals surface area contributed by atoms with E-state index >= 15 is 0 Å². The molecule has 1 amide bonds. The smallest absolute Gasteiger partial charge is 0.332 e. The van der Waals surface area contributed by atoms with E-state index < -0.39 is 12.1 Å². The first kappa shape index (κ1) is 15.8. The van der Waals surface area contributed by atoms with Gasteiger partial charge in [-0.1, -0.05) is 0 Å². The molecule has 0 spiro atoms. The van der Waals surface area contributed by atoms with Crippen molar-refractivity contribution in [1.29, 1.82) is 0 Å². The Hall–Kier alpha value is -1.60. The second-order valence-electron chi connectivity index (χ2n) is 4.72. The van der Waals surface area contributed by atoms with E-state index in [-0.39, 0.29) is 18.6 Å². The summed E-state index contributed by atoms with van der Waals surface area (Å²) in [4.78, 5) is 22.9. The highest BCUT2D eigenvalue weighted by molar-refractivity contribution is 9.10. The summed E-state index contributed by atoms with van der Waals surface area (Å²) in [6.07, 6.45) is 0.0600. The number of carboxylic acid groups (broad SMARTS) is 1. The van der Waals surface area contributed by atoms with Crippen molar-refractivity contribution in [2.75, 3.05) is 13.7 Å². The predicted octanol–water partition coefficient (Wildman–Crippen LogP) is 1.82. The van der Waals surface area contributed by atoms with E-state index in [1.165, 1.54) is 7.11 Å². The fraction of sp³-hybridized carbons (Fsp3) is 0.429. The van der Waals surface area contributed by atoms with Crippen molar-refractivity contribution in [2.45, 2.75) is 25.0 Å². The average Bonchev–Trinajstić information content (AvgIpc) is 2.94. The first-order valence-corrected chi connectivity index (χ1v) is 7.30. The van der Waals surface area contributed by atoms with Gasteiger partial charge in [0.2, 0.25) is 0 Å². The zero-order valence-corrected chi connectivity index (χ0v) is 13.1. The number of carbonyl (C=O) groups is 2. The number of rotatable bonds is 5. The molecule has 21 heavy (non-hydrogen) atoms. The van der Waals surface area contributed by atoms with Crippen molar-refractivity contribution in [2.24, 2.45) is 0 Å². The zero-order valence-electron chi connectivity index (χ0n) is 11.5. The maximum Gasteiger partial charge on any atom is 0.332 e. The van der Waals surface area contributed by atoms with Gasteiger partial charge in [0.05, 0.1) is 18.8 Å². The van der Waals surface area contributed by atoms with Crippen molar-refractivity contribution in [3.63, 3.8) is 0 Å². The molecule has 6 nitrogen and oxygen atoms in total. The molecular weight excluding hydrogens is 342 g/mol. The molecule has 1 aliphatic heterocycles. The first-order valence-electron chi connectivity index (χ1n) is 6.51. The van der Waals surface area contributed by atoms with Crippen LogP contribution in [0.4, 0.5) is 0 Å². The van der Waals surface area contributed by atoms with E-state index in [2.05, 4.69) is 21.2 Å². The van der Waals surface area contributed by atoms with Crippen LogP contribution in [0.25, 0.3) is 0 Å². The standard InChI is InChI=1S/C14H16BrNO5/c1-20-8-2-4-11(15)10(6-8)13(17)16-7-9-3-5-12(21-9)14(18)19/h2,4,6,9,12H,3,5,7H2,1H3,(H,16,17)(H,18,19). The lowest BCUT2D eigenvalue weighted by Crippen LogP contribution is -2.33. The number of carboxylic acids is 1. The Morgan fingerprint density at radius 1 is 1.48 bits per heavy atom. The van der Waals surface area contributed by atoms with Crippen molar-refractivity contribution in [1.82, 2.24) is 5.32 Å². The van der Waals surface area contributed by atoms with E-state index in [0.717, 1.165) is 0 Å². The summed E-state index contributed by atoms with van der Waals surface area (Å²) < 4.78 is 11.1. The van der Waals surface area contributed by atoms with E-state index in [4.69, 9.17) is 14.6 Å². The topological polar surface area (TPSA) is 84.9 Å². The van der Waals surface area contributed by atoms with E-state index in [1.807, 2.05) is 0 Å². The van der Waals surface area contributed by atoms with E-state index in [9.17, 15) is 9.59 Å². The SMILES string of the molecule is COc1ccc(Br)c(C(=O)NCC2CCC(C(=O)O)O2)c1. The van der Waals surface area contributed by atoms with Crippen LogP contribution in [-0.4, -0.2) is 42.8 Å². The third kappa shape index (κ3) is 3.95. The molecule has 0 bridgehead atoms. The van der Waals surface area contributed by atoms with Gasteiger partial charge in [0.1, 0.15) is 5.75 Å². The number of hydrogen-bond donors (Lipinski definition) is 2. The minimum absolute atomic E-state index is 0.261. The van der Waals surface area contributed by atoms with Gasteiger partial charge in [-0.05, 0) is 47.0 Å². The maximum atomic E-state index is 12.1. The van der Waals surface area contributed by atoms with Crippen molar-refractivity contribution < 1.29 is 24.2 Å². The Labute approximate surface area is 130 Å². The number of carbonyl (C=O) groups excluding carboxylic acids is 1. The molecule has 114 valence electrons. The second-order valence-corrected chi connectivity index (χ2v) is 5.57. The molecule has 1 saturated heterocycles. The van der Waals surface area contributed by atoms with Gasteiger partial charge in [-0.25, -0.2) is 4.79 Å². The highest BCUT2D eigenvalue weighted by Gasteiger charge is 2.30. The summed E-state index contributed by atoms with van der Waals surface area (Å²) in [5, 5.41) is 11.6. The molecule has 0 aliphatic carbocycles. The van der Waals surface area contributed by atoms with Crippen LogP contribution in [0.5, 0.6) is 5.75 Å². The monoisotopic (exact) mass is 357 g/mol. The molecule has 0 saturated carbocycles. The van der Waals surface area contributed by atoms with Crippen LogP contribution < -0.4 is 10.1 Å². The summed E-state index contributed by atoms with van der Waals surface area (Å²) in [7, 11) is 1.53. The van der Waals surface area contributed by atoms with E-state index in [1.54, 1.807) is 18.2 Å². The fourth-order valence-electron chi connectivity index (χ4n) is 2.14. The Morgan fingerprint density at radius 3 is 2.86 bits per heavy atom. The quantitative estimate of drug-likeness (QED) is 0.839. The fourth-order valence-corrected chi connectivity index (χ4v) is 2.57. The molecule has 2 N–H and O–H groups in total. The molecule has 2 unspecified atom stereocenters. The summed E-state index contributed by atoms with van der Waals surface area (Å²) in [5.41, 5.74) is 0.460. The second kappa shape index (κ2) is 6.91. The Kier molecular flexibility index (Phi) is 5.19. The molecule has 1 aliphatic rings. The largest absolute Gasteiger partial charge is 0.497 e. The molecule has 1 fully saturated rings. The zero-order chi connectivity index (χ0) is 15.4. The number of amides is 1. The molecule has 0 aromatic heterocycles. The van der Waals surface area contributed by atoms with Gasteiger partial charge >= 0.3 is 5.97 Å². The molecule has 2 rings (SSSR count). The number of hydrogen-bond acceptors (Lipinski definition) is 4. The predicted molar refractivity (Wildman–Crippen MR) is 78.6 cm³/mol. The van der Waals surface area contributed by atoms with Crippen LogP contribution in [0, 0.1) is 0 Å². The lowest BCUT2D eigenvalue weighted by atomic mass is 10.1. The van der Waals surface area contributed by atoms with Crippen LogP contribution in [0.1, 0.15) is 23.2 Å². The summed E-state index contributed by atoms with van der Waals surface area (Å²) in [6.45, 7) is 0.284. The molecular formula is C14H16BrNO5. The van der Waals surface area contributed by atoms with Crippen LogP contribution in [0.15, 0.2) is 22.7 Å². The molecule has 1 heterocycles. The number of aliphatic carboxylic acids is 1. The Bertz CT molecular complexity index is 548. The number of nitrogens with one attached hydrogen (secondary N) is 1. The van der Waals surface area contributed by atoms with Gasteiger partial charge in [-0.2, -0.15) is 0 Å². The summed E-state index contributed by atoms with van der Waals surface area (Å²) >= 11 is 3.32. The number of benzene rings is 1. The van der Waals surface area contributed by atoms with E-state index in [0.29, 0.717) is 28.6 Å². The minimum Gasteiger partial charge on any atom is -0.497 e. The third-order valence-electron chi connectivity index (χ3n) is 3.29. The molecule has 2 atom stereocenters. The molecule has 7 heteroatoms. The van der Waals surface area contributed by atoms with Gasteiger partial charge < -0.3 is 19.9 Å². The van der Waals surface area contributed by atoms with Gasteiger partial charge in [-0.15, -0.1) is 0 Å². The highest BCUT2D eigenvalue weighted by Crippen LogP contribution is 2.23. The lowest BCUT2D eigenvalue weighted by molar-refractivity contribution is -0.149. The van der Waals surface area contributed by atoms with Crippen molar-refractivity contribution in [3.05, 3.63) is 28.2 Å². The summed E-state index contributed by atoms with van der Waals surface area (Å²) in [6, 6.07) is 5.12. The van der Waals surface area contributed by atoms with Crippen molar-refractivity contribution in [3.8, 4) is 5.75 Å². The lowest BCUT2D eigenvalue weighted by Gasteiger charge is -2.13. The summed E-state index contributed by atoms with van der Waals surface area (Å²) in [5.74, 6) is -0.631. The normalized spacial score (nSPS) is 21.0. The Morgan fingerprint density at radius 2 is 2.24 bits per heavy atom. The molecule has 1 aromatic rings. The number of methoxy groups -OCH3 is 1. The van der Waals surface area contributed by atoms with Crippen LogP contribution in [-0.2, 0) is 9.53 Å². The van der Waals surface area contributed by atoms with Gasteiger partial charge in [0.25, 0.3) is 5.91 Å². The van der Waals surface area contributed by atoms with Crippen LogP contribution in [0.3, 0.4) is 0 Å². The highest BCUT2D eigenvalue weighted by atomic mass is 79.9. The molecule has 1 aromatic carbocycles. The van der Waals surface area contributed by atoms with Gasteiger partial charge in [0.15, 0.2) is 6.10 Å². The van der Waals surface area contributed by atoms with Crippen molar-refractivity contribution >= 4 is 27.8 Å². The maximum absolute atomic E-state index is 12.1. The van der Waals surface area contributed by atoms with Gasteiger partial charge in [0, 0.05) is 11.0 Å². The minimum atomic E-state index is -0.959.